The minimum Gasteiger partial charge on any atom is -0.354 e. The van der Waals surface area contributed by atoms with Gasteiger partial charge in [-0.15, -0.1) is 0 Å². The molecule has 0 aliphatic carbocycles. The fourth-order valence-corrected chi connectivity index (χ4v) is 2.02. The molecule has 15 heavy (non-hydrogen) atoms. The predicted molar refractivity (Wildman–Crippen MR) is 62.7 cm³/mol. The zero-order valence-corrected chi connectivity index (χ0v) is 10.0. The van der Waals surface area contributed by atoms with Crippen molar-refractivity contribution in [2.45, 2.75) is 52.0 Å². The highest BCUT2D eigenvalue weighted by Gasteiger charge is 2.20. The van der Waals surface area contributed by atoms with Crippen molar-refractivity contribution < 1.29 is 4.79 Å². The van der Waals surface area contributed by atoms with Crippen LogP contribution in [0.3, 0.4) is 0 Å². The number of piperidine rings is 1. The van der Waals surface area contributed by atoms with Crippen molar-refractivity contribution >= 4 is 5.91 Å². The zero-order valence-electron chi connectivity index (χ0n) is 10.0. The topological polar surface area (TPSA) is 41.1 Å². The van der Waals surface area contributed by atoms with Crippen molar-refractivity contribution in [3.05, 3.63) is 0 Å². The Balaban J connectivity index is 2.22. The van der Waals surface area contributed by atoms with Gasteiger partial charge >= 0.3 is 0 Å². The van der Waals surface area contributed by atoms with E-state index in [0.29, 0.717) is 5.92 Å². The van der Waals surface area contributed by atoms with Crippen LogP contribution in [0, 0.1) is 5.92 Å². The number of hydrogen-bond donors (Lipinski definition) is 2. The largest absolute Gasteiger partial charge is 0.354 e. The van der Waals surface area contributed by atoms with Crippen molar-refractivity contribution in [2.75, 3.05) is 13.1 Å². The number of hydrogen-bond acceptors (Lipinski definition) is 2. The monoisotopic (exact) mass is 212 g/mol. The van der Waals surface area contributed by atoms with Gasteiger partial charge in [0.2, 0.25) is 5.91 Å². The van der Waals surface area contributed by atoms with Gasteiger partial charge in [-0.3, -0.25) is 4.79 Å². The van der Waals surface area contributed by atoms with Gasteiger partial charge in [0.15, 0.2) is 0 Å². The number of carbonyl (C=O) groups is 1. The lowest BCUT2D eigenvalue weighted by Crippen LogP contribution is -2.47. The van der Waals surface area contributed by atoms with E-state index in [-0.39, 0.29) is 11.9 Å². The van der Waals surface area contributed by atoms with E-state index in [1.807, 2.05) is 0 Å². The van der Waals surface area contributed by atoms with Crippen molar-refractivity contribution in [3.8, 4) is 0 Å². The van der Waals surface area contributed by atoms with Gasteiger partial charge < -0.3 is 10.6 Å². The van der Waals surface area contributed by atoms with Crippen LogP contribution in [-0.4, -0.2) is 25.0 Å². The summed E-state index contributed by atoms with van der Waals surface area (Å²) in [5.74, 6) is 0.833. The van der Waals surface area contributed by atoms with Crippen molar-refractivity contribution in [1.82, 2.24) is 10.6 Å². The summed E-state index contributed by atoms with van der Waals surface area (Å²) in [4.78, 5) is 11.8. The molecule has 1 aliphatic heterocycles. The van der Waals surface area contributed by atoms with Gasteiger partial charge in [0.1, 0.15) is 0 Å². The molecular formula is C12H24N2O. The maximum Gasteiger partial charge on any atom is 0.237 e. The van der Waals surface area contributed by atoms with Gasteiger partial charge in [0.05, 0.1) is 6.04 Å². The molecule has 1 atom stereocenters. The van der Waals surface area contributed by atoms with E-state index in [1.165, 1.54) is 12.8 Å². The summed E-state index contributed by atoms with van der Waals surface area (Å²) in [6, 6.07) is 0.0631. The first kappa shape index (κ1) is 12.5. The number of amides is 1. The molecule has 0 spiro atoms. The zero-order chi connectivity index (χ0) is 11.1. The van der Waals surface area contributed by atoms with Crippen LogP contribution in [0.15, 0.2) is 0 Å². The highest BCUT2D eigenvalue weighted by atomic mass is 16.2. The van der Waals surface area contributed by atoms with Crippen LogP contribution in [0.2, 0.25) is 0 Å². The van der Waals surface area contributed by atoms with Crippen molar-refractivity contribution in [3.63, 3.8) is 0 Å². The molecule has 1 rings (SSSR count). The quantitative estimate of drug-likeness (QED) is 0.728. The fraction of sp³-hybridized carbons (Fsp3) is 0.917. The average molecular weight is 212 g/mol. The molecule has 0 bridgehead atoms. The summed E-state index contributed by atoms with van der Waals surface area (Å²) < 4.78 is 0. The van der Waals surface area contributed by atoms with Crippen LogP contribution in [0.4, 0.5) is 0 Å². The number of nitrogens with one attached hydrogen (secondary N) is 2. The summed E-state index contributed by atoms with van der Waals surface area (Å²) in [5, 5.41) is 6.32. The van der Waals surface area contributed by atoms with Crippen molar-refractivity contribution in [2.24, 2.45) is 5.92 Å². The van der Waals surface area contributed by atoms with Crippen LogP contribution < -0.4 is 10.6 Å². The summed E-state index contributed by atoms with van der Waals surface area (Å²) in [6.45, 7) is 6.19. The summed E-state index contributed by atoms with van der Waals surface area (Å²) in [6.07, 6.45) is 5.67. The van der Waals surface area contributed by atoms with Gasteiger partial charge in [-0.25, -0.2) is 0 Å². The first-order valence-corrected chi connectivity index (χ1v) is 6.29. The summed E-state index contributed by atoms with van der Waals surface area (Å²) >= 11 is 0. The van der Waals surface area contributed by atoms with Crippen molar-refractivity contribution in [1.29, 1.82) is 0 Å². The van der Waals surface area contributed by atoms with Crippen LogP contribution in [0.25, 0.3) is 0 Å². The SMILES string of the molecule is CCC(CC)CNC(=O)[C@@H]1CCCCN1. The average Bonchev–Trinajstić information content (AvgIpc) is 2.31. The third-order valence-electron chi connectivity index (χ3n) is 3.35. The van der Waals surface area contributed by atoms with Crippen LogP contribution in [0.5, 0.6) is 0 Å². The molecule has 0 aromatic heterocycles. The Labute approximate surface area is 93.0 Å². The number of carbonyl (C=O) groups excluding carboxylic acids is 1. The Morgan fingerprint density at radius 3 is 2.67 bits per heavy atom. The molecule has 88 valence electrons. The van der Waals surface area contributed by atoms with Gasteiger partial charge in [-0.1, -0.05) is 33.1 Å². The Kier molecular flexibility index (Phi) is 5.69. The second-order valence-corrected chi connectivity index (χ2v) is 4.43. The molecule has 0 aromatic rings. The predicted octanol–water partition coefficient (Wildman–Crippen LogP) is 1.68. The molecule has 1 fully saturated rings. The third-order valence-corrected chi connectivity index (χ3v) is 3.35. The van der Waals surface area contributed by atoms with Crippen LogP contribution in [-0.2, 0) is 4.79 Å². The number of rotatable bonds is 5. The first-order valence-electron chi connectivity index (χ1n) is 6.29. The van der Waals surface area contributed by atoms with Gasteiger partial charge in [0.25, 0.3) is 0 Å². The maximum atomic E-state index is 11.8. The van der Waals surface area contributed by atoms with E-state index in [0.717, 1.165) is 32.4 Å². The molecule has 3 heteroatoms. The van der Waals surface area contributed by atoms with E-state index >= 15 is 0 Å². The van der Waals surface area contributed by atoms with E-state index in [1.54, 1.807) is 0 Å². The lowest BCUT2D eigenvalue weighted by molar-refractivity contribution is -0.123. The minimum absolute atomic E-state index is 0.0631. The fourth-order valence-electron chi connectivity index (χ4n) is 2.02. The second-order valence-electron chi connectivity index (χ2n) is 4.43. The highest BCUT2D eigenvalue weighted by Crippen LogP contribution is 2.08. The normalized spacial score (nSPS) is 21.7. The molecule has 3 nitrogen and oxygen atoms in total. The molecule has 0 unspecified atom stereocenters. The Hall–Kier alpha value is -0.570. The smallest absolute Gasteiger partial charge is 0.237 e. The Morgan fingerprint density at radius 1 is 1.40 bits per heavy atom. The van der Waals surface area contributed by atoms with E-state index in [2.05, 4.69) is 24.5 Å². The lowest BCUT2D eigenvalue weighted by atomic mass is 10.0. The second kappa shape index (κ2) is 6.83. The lowest BCUT2D eigenvalue weighted by Gasteiger charge is -2.23. The highest BCUT2D eigenvalue weighted by molar-refractivity contribution is 5.81. The van der Waals surface area contributed by atoms with Crippen LogP contribution in [0.1, 0.15) is 46.0 Å². The third kappa shape index (κ3) is 4.20. The first-order chi connectivity index (χ1) is 7.27. The summed E-state index contributed by atoms with van der Waals surface area (Å²) in [7, 11) is 0. The Morgan fingerprint density at radius 2 is 2.13 bits per heavy atom. The molecule has 1 aliphatic rings. The minimum atomic E-state index is 0.0631. The molecule has 2 N–H and O–H groups in total. The molecule has 0 radical (unpaired) electrons. The molecule has 1 heterocycles. The molecule has 0 aromatic carbocycles. The van der Waals surface area contributed by atoms with Gasteiger partial charge in [0, 0.05) is 6.54 Å². The van der Waals surface area contributed by atoms with E-state index in [4.69, 9.17) is 0 Å². The van der Waals surface area contributed by atoms with Crippen LogP contribution >= 0.6 is 0 Å². The molecule has 0 saturated carbocycles. The van der Waals surface area contributed by atoms with Gasteiger partial charge in [-0.2, -0.15) is 0 Å². The molecule has 1 amide bonds. The molecular weight excluding hydrogens is 188 g/mol. The van der Waals surface area contributed by atoms with E-state index in [9.17, 15) is 4.79 Å². The van der Waals surface area contributed by atoms with Gasteiger partial charge in [-0.05, 0) is 25.3 Å². The van der Waals surface area contributed by atoms with E-state index < -0.39 is 0 Å². The maximum absolute atomic E-state index is 11.8. The Bertz CT molecular complexity index is 184. The standard InChI is InChI=1S/C12H24N2O/c1-3-10(4-2)9-14-12(15)11-7-5-6-8-13-11/h10-11,13H,3-9H2,1-2H3,(H,14,15)/t11-/m0/s1. The summed E-state index contributed by atoms with van der Waals surface area (Å²) in [5.41, 5.74) is 0. The molecule has 1 saturated heterocycles.